The number of carbonyl (C=O) groups excluding carboxylic acids is 1. The van der Waals surface area contributed by atoms with E-state index in [2.05, 4.69) is 5.10 Å². The van der Waals surface area contributed by atoms with Gasteiger partial charge in [-0.3, -0.25) is 14.9 Å². The highest BCUT2D eigenvalue weighted by Gasteiger charge is 2.63. The number of carbonyl (C=O) groups is 1. The molecule has 0 fully saturated rings. The Morgan fingerprint density at radius 2 is 2.04 bits per heavy atom. The van der Waals surface area contributed by atoms with Gasteiger partial charge >= 0.3 is 0 Å². The smallest absolute Gasteiger partial charge is 0.298 e. The summed E-state index contributed by atoms with van der Waals surface area (Å²) in [7, 11) is 0. The number of nitro groups is 1. The fraction of sp³-hybridized carbons (Fsp3) is 0.222. The van der Waals surface area contributed by atoms with Crippen molar-refractivity contribution in [2.45, 2.75) is 18.4 Å². The molecule has 2 aromatic carbocycles. The maximum absolute atomic E-state index is 13.7. The van der Waals surface area contributed by atoms with E-state index in [1.165, 1.54) is 23.2 Å². The highest BCUT2D eigenvalue weighted by atomic mass is 19.1. The van der Waals surface area contributed by atoms with Crippen molar-refractivity contribution in [2.24, 2.45) is 5.10 Å². The number of benzene rings is 2. The molecule has 0 aromatic heterocycles. The normalized spacial score (nSPS) is 23.8. The van der Waals surface area contributed by atoms with Crippen LogP contribution in [0, 0.1) is 15.9 Å². The molecule has 2 aromatic rings. The largest absolute Gasteiger partial charge is 0.470 e. The van der Waals surface area contributed by atoms with Crippen LogP contribution in [0.25, 0.3) is 0 Å². The second-order valence-electron chi connectivity index (χ2n) is 6.23. The summed E-state index contributed by atoms with van der Waals surface area (Å²) < 4.78 is 19.6. The highest BCUT2D eigenvalue weighted by Crippen LogP contribution is 2.49. The Kier molecular flexibility index (Phi) is 3.50. The number of para-hydroxylation sites is 1. The van der Waals surface area contributed by atoms with Gasteiger partial charge in [-0.05, 0) is 37.3 Å². The number of ether oxygens (including phenoxy) is 1. The third-order valence-electron chi connectivity index (χ3n) is 4.74. The SMILES string of the molecule is CC1=NN(c2ccccc2)C(=O)[C@@]12Oc1ccc(F)cc1[C@@H]2C[N+](=O)[O-]. The number of nitrogens with zero attached hydrogens (tertiary/aromatic N) is 3. The fourth-order valence-electron chi connectivity index (χ4n) is 3.57. The van der Waals surface area contributed by atoms with Crippen molar-refractivity contribution in [3.05, 3.63) is 70.0 Å². The summed E-state index contributed by atoms with van der Waals surface area (Å²) in [6.07, 6.45) is 0. The standard InChI is InChI=1S/C18H14FN3O4/c1-11-18(17(23)22(20-11)13-5-3-2-4-6-13)15(10-21(24)25)14-9-12(19)7-8-16(14)26-18/h2-9,15H,10H2,1H3/t15-,18+/m0/s1. The summed E-state index contributed by atoms with van der Waals surface area (Å²) in [4.78, 5) is 24.0. The van der Waals surface area contributed by atoms with Crippen LogP contribution >= 0.6 is 0 Å². The van der Waals surface area contributed by atoms with Crippen LogP contribution in [0.1, 0.15) is 18.4 Å². The van der Waals surface area contributed by atoms with Crippen LogP contribution in [0.5, 0.6) is 5.75 Å². The number of halogens is 1. The predicted octanol–water partition coefficient (Wildman–Crippen LogP) is 2.74. The Hall–Kier alpha value is -3.29. The lowest BCUT2D eigenvalue weighted by Crippen LogP contribution is -2.54. The number of anilines is 1. The molecule has 0 aliphatic carbocycles. The fourth-order valence-corrected chi connectivity index (χ4v) is 3.57. The first-order chi connectivity index (χ1) is 12.4. The summed E-state index contributed by atoms with van der Waals surface area (Å²) in [6, 6.07) is 12.5. The summed E-state index contributed by atoms with van der Waals surface area (Å²) in [6.45, 7) is 1.02. The summed E-state index contributed by atoms with van der Waals surface area (Å²) in [5.41, 5.74) is -0.507. The van der Waals surface area contributed by atoms with E-state index in [0.29, 0.717) is 17.0 Å². The molecule has 26 heavy (non-hydrogen) atoms. The Labute approximate surface area is 147 Å². The van der Waals surface area contributed by atoms with Crippen molar-refractivity contribution >= 4 is 17.3 Å². The first kappa shape index (κ1) is 16.2. The van der Waals surface area contributed by atoms with Gasteiger partial charge in [0.25, 0.3) is 5.91 Å². The second-order valence-corrected chi connectivity index (χ2v) is 6.23. The van der Waals surface area contributed by atoms with Crippen molar-refractivity contribution in [3.63, 3.8) is 0 Å². The van der Waals surface area contributed by atoms with E-state index in [1.807, 2.05) is 0 Å². The molecule has 2 heterocycles. The van der Waals surface area contributed by atoms with E-state index >= 15 is 0 Å². The molecule has 7 nitrogen and oxygen atoms in total. The molecule has 0 saturated heterocycles. The van der Waals surface area contributed by atoms with Crippen LogP contribution in [0.2, 0.25) is 0 Å². The van der Waals surface area contributed by atoms with Crippen LogP contribution in [-0.4, -0.2) is 28.7 Å². The molecule has 2 aliphatic rings. The minimum atomic E-state index is -1.64. The molecule has 1 spiro atoms. The topological polar surface area (TPSA) is 85.0 Å². The van der Waals surface area contributed by atoms with E-state index < -0.39 is 34.7 Å². The Morgan fingerprint density at radius 3 is 2.73 bits per heavy atom. The van der Waals surface area contributed by atoms with E-state index in [-0.39, 0.29) is 5.75 Å². The molecule has 132 valence electrons. The molecule has 0 N–H and O–H groups in total. The molecular weight excluding hydrogens is 341 g/mol. The zero-order chi connectivity index (χ0) is 18.5. The Balaban J connectivity index is 1.83. The predicted molar refractivity (Wildman–Crippen MR) is 91.4 cm³/mol. The van der Waals surface area contributed by atoms with E-state index in [0.717, 1.165) is 0 Å². The Bertz CT molecular complexity index is 947. The third-order valence-corrected chi connectivity index (χ3v) is 4.74. The van der Waals surface area contributed by atoms with Gasteiger partial charge in [-0.1, -0.05) is 18.2 Å². The maximum atomic E-state index is 13.7. The van der Waals surface area contributed by atoms with Gasteiger partial charge in [0, 0.05) is 10.5 Å². The summed E-state index contributed by atoms with van der Waals surface area (Å²) in [5, 5.41) is 16.7. The molecule has 0 saturated carbocycles. The van der Waals surface area contributed by atoms with Crippen molar-refractivity contribution < 1.29 is 18.8 Å². The lowest BCUT2D eigenvalue weighted by molar-refractivity contribution is -0.484. The van der Waals surface area contributed by atoms with Gasteiger partial charge in [-0.15, -0.1) is 0 Å². The lowest BCUT2D eigenvalue weighted by atomic mass is 9.80. The molecule has 8 heteroatoms. The average molecular weight is 355 g/mol. The van der Waals surface area contributed by atoms with Crippen molar-refractivity contribution in [3.8, 4) is 5.75 Å². The zero-order valence-corrected chi connectivity index (χ0v) is 13.8. The zero-order valence-electron chi connectivity index (χ0n) is 13.8. The summed E-state index contributed by atoms with van der Waals surface area (Å²) in [5.74, 6) is -1.77. The van der Waals surface area contributed by atoms with Crippen LogP contribution in [0.4, 0.5) is 10.1 Å². The number of hydrogen-bond donors (Lipinski definition) is 0. The molecule has 0 radical (unpaired) electrons. The van der Waals surface area contributed by atoms with Crippen LogP contribution < -0.4 is 9.75 Å². The van der Waals surface area contributed by atoms with Crippen molar-refractivity contribution in [2.75, 3.05) is 11.6 Å². The monoisotopic (exact) mass is 355 g/mol. The van der Waals surface area contributed by atoms with Gasteiger partial charge < -0.3 is 4.74 Å². The lowest BCUT2D eigenvalue weighted by Gasteiger charge is -2.27. The number of amides is 1. The van der Waals surface area contributed by atoms with Gasteiger partial charge in [0.15, 0.2) is 0 Å². The number of hydrazone groups is 1. The molecule has 2 aliphatic heterocycles. The van der Waals surface area contributed by atoms with E-state index in [4.69, 9.17) is 4.74 Å². The molecule has 2 atom stereocenters. The number of hydrogen-bond acceptors (Lipinski definition) is 5. The summed E-state index contributed by atoms with van der Waals surface area (Å²) >= 11 is 0. The molecule has 1 amide bonds. The van der Waals surface area contributed by atoms with E-state index in [1.54, 1.807) is 37.3 Å². The molecule has 4 rings (SSSR count). The minimum Gasteiger partial charge on any atom is -0.470 e. The second kappa shape index (κ2) is 5.62. The average Bonchev–Trinajstić information content (AvgIpc) is 3.06. The first-order valence-corrected chi connectivity index (χ1v) is 7.99. The van der Waals surface area contributed by atoms with Crippen LogP contribution in [0.15, 0.2) is 53.6 Å². The Morgan fingerprint density at radius 1 is 1.31 bits per heavy atom. The van der Waals surface area contributed by atoms with E-state index in [9.17, 15) is 19.3 Å². The molecular formula is C18H14FN3O4. The van der Waals surface area contributed by atoms with Gasteiger partial charge in [0.05, 0.1) is 11.4 Å². The number of rotatable bonds is 3. The van der Waals surface area contributed by atoms with Gasteiger partial charge in [0.1, 0.15) is 17.5 Å². The highest BCUT2D eigenvalue weighted by molar-refractivity contribution is 6.23. The third kappa shape index (κ3) is 2.18. The number of fused-ring (bicyclic) bond motifs is 1. The molecule has 0 bridgehead atoms. The van der Waals surface area contributed by atoms with Gasteiger partial charge in [0.2, 0.25) is 12.1 Å². The van der Waals surface area contributed by atoms with Crippen molar-refractivity contribution in [1.82, 2.24) is 0 Å². The first-order valence-electron chi connectivity index (χ1n) is 7.99. The maximum Gasteiger partial charge on any atom is 0.298 e. The van der Waals surface area contributed by atoms with Crippen molar-refractivity contribution in [1.29, 1.82) is 0 Å². The van der Waals surface area contributed by atoms with Gasteiger partial charge in [-0.2, -0.15) is 10.1 Å². The molecule has 0 unspecified atom stereocenters. The van der Waals surface area contributed by atoms with Crippen LogP contribution in [-0.2, 0) is 4.79 Å². The quantitative estimate of drug-likeness (QED) is 0.626. The van der Waals surface area contributed by atoms with Crippen LogP contribution in [0.3, 0.4) is 0 Å². The van der Waals surface area contributed by atoms with Gasteiger partial charge in [-0.25, -0.2) is 4.39 Å². The minimum absolute atomic E-state index is 0.260.